The standard InChI is InChI=1S/C20H23N3O3/c1-12(24)20(2,3)9-14-10-21-19-18(14)23-15(11-22-19)13-6-7-16(25-4)17(8-13)26-5/h6-8,10-11H,9H2,1-5H3,(H,21,22). The number of rotatable bonds is 6. The van der Waals surface area contributed by atoms with Crippen LogP contribution in [0.25, 0.3) is 22.4 Å². The van der Waals surface area contributed by atoms with E-state index in [1.165, 1.54) is 0 Å². The number of carbonyl (C=O) groups is 1. The van der Waals surface area contributed by atoms with E-state index in [-0.39, 0.29) is 5.78 Å². The van der Waals surface area contributed by atoms with Gasteiger partial charge < -0.3 is 14.5 Å². The maximum absolute atomic E-state index is 11.9. The fourth-order valence-corrected chi connectivity index (χ4v) is 2.81. The number of nitrogens with one attached hydrogen (secondary N) is 1. The average Bonchev–Trinajstić information content (AvgIpc) is 3.02. The van der Waals surface area contributed by atoms with Gasteiger partial charge in [0, 0.05) is 17.2 Å². The lowest BCUT2D eigenvalue weighted by atomic mass is 9.83. The summed E-state index contributed by atoms with van der Waals surface area (Å²) in [5.74, 6) is 1.45. The number of Topliss-reactive ketones (excluding diaryl/α,β-unsaturated/α-hetero) is 1. The van der Waals surface area contributed by atoms with Crippen molar-refractivity contribution < 1.29 is 14.3 Å². The van der Waals surface area contributed by atoms with Crippen LogP contribution >= 0.6 is 0 Å². The zero-order valence-corrected chi connectivity index (χ0v) is 15.7. The van der Waals surface area contributed by atoms with Crippen LogP contribution in [0.4, 0.5) is 0 Å². The number of ether oxygens (including phenoxy) is 2. The quantitative estimate of drug-likeness (QED) is 0.729. The predicted octanol–water partition coefficient (Wildman–Crippen LogP) is 3.80. The Bertz CT molecular complexity index is 960. The van der Waals surface area contributed by atoms with Crippen molar-refractivity contribution in [3.8, 4) is 22.8 Å². The average molecular weight is 353 g/mol. The molecule has 0 saturated carbocycles. The number of aromatic nitrogens is 3. The Morgan fingerprint density at radius 2 is 1.92 bits per heavy atom. The topological polar surface area (TPSA) is 77.1 Å². The van der Waals surface area contributed by atoms with Crippen molar-refractivity contribution in [2.24, 2.45) is 5.41 Å². The second kappa shape index (κ2) is 6.78. The molecule has 2 aromatic heterocycles. The minimum absolute atomic E-state index is 0.149. The Morgan fingerprint density at radius 3 is 2.58 bits per heavy atom. The van der Waals surface area contributed by atoms with Crippen molar-refractivity contribution in [3.05, 3.63) is 36.2 Å². The van der Waals surface area contributed by atoms with Gasteiger partial charge >= 0.3 is 0 Å². The van der Waals surface area contributed by atoms with E-state index in [9.17, 15) is 4.79 Å². The molecular weight excluding hydrogens is 330 g/mol. The third-order valence-electron chi connectivity index (χ3n) is 4.72. The van der Waals surface area contributed by atoms with E-state index in [0.717, 1.165) is 22.3 Å². The number of nitrogens with zero attached hydrogens (tertiary/aromatic N) is 2. The number of ketones is 1. The van der Waals surface area contributed by atoms with Gasteiger partial charge in [0.15, 0.2) is 17.1 Å². The highest BCUT2D eigenvalue weighted by atomic mass is 16.5. The number of H-pyrrole nitrogens is 1. The Balaban J connectivity index is 2.04. The zero-order valence-electron chi connectivity index (χ0n) is 15.7. The maximum atomic E-state index is 11.9. The van der Waals surface area contributed by atoms with E-state index in [0.29, 0.717) is 23.6 Å². The number of hydrogen-bond donors (Lipinski definition) is 1. The van der Waals surface area contributed by atoms with Crippen LogP contribution in [0.2, 0.25) is 0 Å². The van der Waals surface area contributed by atoms with Gasteiger partial charge in [-0.2, -0.15) is 0 Å². The molecule has 0 unspecified atom stereocenters. The lowest BCUT2D eigenvalue weighted by Gasteiger charge is -2.20. The summed E-state index contributed by atoms with van der Waals surface area (Å²) in [7, 11) is 3.21. The molecule has 0 saturated heterocycles. The molecule has 0 aliphatic heterocycles. The summed E-state index contributed by atoms with van der Waals surface area (Å²) in [5, 5.41) is 0. The van der Waals surface area contributed by atoms with Crippen molar-refractivity contribution >= 4 is 16.9 Å². The van der Waals surface area contributed by atoms with Crippen LogP contribution in [-0.2, 0) is 11.2 Å². The Morgan fingerprint density at radius 1 is 1.19 bits per heavy atom. The lowest BCUT2D eigenvalue weighted by Crippen LogP contribution is -2.24. The molecule has 0 bridgehead atoms. The molecule has 1 N–H and O–H groups in total. The first-order valence-corrected chi connectivity index (χ1v) is 8.42. The van der Waals surface area contributed by atoms with Gasteiger partial charge in [-0.1, -0.05) is 13.8 Å². The van der Waals surface area contributed by atoms with Crippen LogP contribution < -0.4 is 9.47 Å². The highest BCUT2D eigenvalue weighted by Gasteiger charge is 2.26. The van der Waals surface area contributed by atoms with Gasteiger partial charge in [0.1, 0.15) is 11.3 Å². The van der Waals surface area contributed by atoms with E-state index < -0.39 is 5.41 Å². The molecule has 0 spiro atoms. The lowest BCUT2D eigenvalue weighted by molar-refractivity contribution is -0.124. The normalized spacial score (nSPS) is 11.6. The van der Waals surface area contributed by atoms with E-state index in [1.54, 1.807) is 27.3 Å². The first-order valence-electron chi connectivity index (χ1n) is 8.42. The molecule has 0 aliphatic rings. The summed E-state index contributed by atoms with van der Waals surface area (Å²) in [6, 6.07) is 5.64. The molecule has 3 aromatic rings. The molecular formula is C20H23N3O3. The minimum atomic E-state index is -0.448. The molecule has 6 heteroatoms. The molecule has 0 radical (unpaired) electrons. The molecule has 136 valence electrons. The molecule has 6 nitrogen and oxygen atoms in total. The summed E-state index contributed by atoms with van der Waals surface area (Å²) in [6.45, 7) is 5.51. The predicted molar refractivity (Wildman–Crippen MR) is 101 cm³/mol. The number of benzene rings is 1. The van der Waals surface area contributed by atoms with Gasteiger partial charge in [-0.05, 0) is 37.1 Å². The molecule has 26 heavy (non-hydrogen) atoms. The summed E-state index contributed by atoms with van der Waals surface area (Å²) >= 11 is 0. The van der Waals surface area contributed by atoms with Crippen LogP contribution in [0.1, 0.15) is 26.3 Å². The van der Waals surface area contributed by atoms with Crippen LogP contribution in [0.3, 0.4) is 0 Å². The minimum Gasteiger partial charge on any atom is -0.493 e. The van der Waals surface area contributed by atoms with Crippen molar-refractivity contribution in [1.82, 2.24) is 15.0 Å². The first-order chi connectivity index (χ1) is 12.4. The Labute approximate surface area is 152 Å². The fraction of sp³-hybridized carbons (Fsp3) is 0.350. The van der Waals surface area contributed by atoms with Crippen molar-refractivity contribution in [2.45, 2.75) is 27.2 Å². The van der Waals surface area contributed by atoms with Crippen molar-refractivity contribution in [3.63, 3.8) is 0 Å². The second-order valence-corrected chi connectivity index (χ2v) is 6.95. The van der Waals surface area contributed by atoms with Gasteiger partial charge in [0.25, 0.3) is 0 Å². The van der Waals surface area contributed by atoms with E-state index >= 15 is 0 Å². The van der Waals surface area contributed by atoms with Gasteiger partial charge in [0.05, 0.1) is 26.1 Å². The molecule has 3 rings (SSSR count). The summed E-state index contributed by atoms with van der Waals surface area (Å²) in [4.78, 5) is 24.3. The molecule has 0 aliphatic carbocycles. The Kier molecular flexibility index (Phi) is 4.68. The van der Waals surface area contributed by atoms with Crippen molar-refractivity contribution in [1.29, 1.82) is 0 Å². The van der Waals surface area contributed by atoms with E-state index in [4.69, 9.17) is 14.5 Å². The summed E-state index contributed by atoms with van der Waals surface area (Å²) in [5.41, 5.74) is 3.65. The molecule has 1 aromatic carbocycles. The van der Waals surface area contributed by atoms with Crippen molar-refractivity contribution in [2.75, 3.05) is 14.2 Å². The maximum Gasteiger partial charge on any atom is 0.161 e. The van der Waals surface area contributed by atoms with Gasteiger partial charge in [-0.15, -0.1) is 0 Å². The molecule has 2 heterocycles. The number of hydrogen-bond acceptors (Lipinski definition) is 5. The largest absolute Gasteiger partial charge is 0.493 e. The SMILES string of the molecule is COc1ccc(-c2cnc3[nH]cc(CC(C)(C)C(C)=O)c3n2)cc1OC. The van der Waals surface area contributed by atoms with E-state index in [2.05, 4.69) is 9.97 Å². The third-order valence-corrected chi connectivity index (χ3v) is 4.72. The third kappa shape index (κ3) is 3.27. The number of fused-ring (bicyclic) bond motifs is 1. The summed E-state index contributed by atoms with van der Waals surface area (Å²) in [6.07, 6.45) is 4.21. The monoisotopic (exact) mass is 353 g/mol. The van der Waals surface area contributed by atoms with Crippen LogP contribution in [0.15, 0.2) is 30.6 Å². The fourth-order valence-electron chi connectivity index (χ4n) is 2.81. The van der Waals surface area contributed by atoms with Gasteiger partial charge in [-0.3, -0.25) is 4.79 Å². The first kappa shape index (κ1) is 17.9. The number of aromatic amines is 1. The molecule has 0 atom stereocenters. The highest BCUT2D eigenvalue weighted by Crippen LogP contribution is 2.32. The smallest absolute Gasteiger partial charge is 0.161 e. The Hall–Kier alpha value is -2.89. The summed E-state index contributed by atoms with van der Waals surface area (Å²) < 4.78 is 10.7. The van der Waals surface area contributed by atoms with Gasteiger partial charge in [0.2, 0.25) is 0 Å². The van der Waals surface area contributed by atoms with Crippen LogP contribution in [0.5, 0.6) is 11.5 Å². The van der Waals surface area contributed by atoms with E-state index in [1.807, 2.05) is 38.2 Å². The second-order valence-electron chi connectivity index (χ2n) is 6.95. The number of carbonyl (C=O) groups excluding carboxylic acids is 1. The molecule has 0 amide bonds. The zero-order chi connectivity index (χ0) is 18.9. The van der Waals surface area contributed by atoms with Crippen LogP contribution in [0, 0.1) is 5.41 Å². The molecule has 0 fully saturated rings. The van der Waals surface area contributed by atoms with Gasteiger partial charge in [-0.25, -0.2) is 9.97 Å². The van der Waals surface area contributed by atoms with Crippen LogP contribution in [-0.4, -0.2) is 35.0 Å². The highest BCUT2D eigenvalue weighted by molar-refractivity contribution is 5.84. The number of methoxy groups -OCH3 is 2.